The minimum Gasteiger partial charge on any atom is -0.366 e. The molecule has 2 aromatic rings. The van der Waals surface area contributed by atoms with E-state index in [1.807, 2.05) is 58.0 Å². The first-order valence-electron chi connectivity index (χ1n) is 6.65. The summed E-state index contributed by atoms with van der Waals surface area (Å²) in [5.41, 5.74) is 2.11. The second-order valence-corrected chi connectivity index (χ2v) is 5.78. The van der Waals surface area contributed by atoms with Gasteiger partial charge in [0.1, 0.15) is 6.61 Å². The van der Waals surface area contributed by atoms with E-state index in [9.17, 15) is 4.79 Å². The minimum atomic E-state index is -0.328. The van der Waals surface area contributed by atoms with Crippen LogP contribution in [0.15, 0.2) is 30.3 Å². The van der Waals surface area contributed by atoms with E-state index in [1.165, 1.54) is 0 Å². The van der Waals surface area contributed by atoms with Crippen molar-refractivity contribution in [3.05, 3.63) is 36.0 Å². The van der Waals surface area contributed by atoms with Gasteiger partial charge in [-0.2, -0.15) is 0 Å². The van der Waals surface area contributed by atoms with Crippen molar-refractivity contribution in [2.75, 3.05) is 11.9 Å². The normalized spacial score (nSPS) is 11.6. The fourth-order valence-electron chi connectivity index (χ4n) is 1.81. The zero-order valence-corrected chi connectivity index (χ0v) is 12.4. The predicted molar refractivity (Wildman–Crippen MR) is 80.8 cm³/mol. The van der Waals surface area contributed by atoms with Crippen molar-refractivity contribution in [1.82, 2.24) is 4.98 Å². The van der Waals surface area contributed by atoms with Crippen LogP contribution in [0, 0.1) is 6.92 Å². The third kappa shape index (κ3) is 3.78. The third-order valence-corrected chi connectivity index (χ3v) is 2.77. The van der Waals surface area contributed by atoms with Gasteiger partial charge in [0.25, 0.3) is 0 Å². The summed E-state index contributed by atoms with van der Waals surface area (Å²) in [6.07, 6.45) is 0. The molecule has 0 unspecified atom stereocenters. The molecule has 4 nitrogen and oxygen atoms in total. The van der Waals surface area contributed by atoms with Crippen LogP contribution in [0.2, 0.25) is 0 Å². The number of aryl methyl sites for hydroxylation is 1. The molecular formula is C16H20N2O2. The van der Waals surface area contributed by atoms with Crippen molar-refractivity contribution in [3.63, 3.8) is 0 Å². The number of rotatable bonds is 3. The van der Waals surface area contributed by atoms with Gasteiger partial charge < -0.3 is 10.1 Å². The van der Waals surface area contributed by atoms with Crippen LogP contribution in [-0.2, 0) is 9.53 Å². The Morgan fingerprint density at radius 1 is 1.25 bits per heavy atom. The molecule has 0 aliphatic rings. The maximum absolute atomic E-state index is 11.9. The average molecular weight is 272 g/mol. The quantitative estimate of drug-likeness (QED) is 0.932. The van der Waals surface area contributed by atoms with Crippen molar-refractivity contribution >= 4 is 22.5 Å². The number of para-hydroxylation sites is 1. The second kappa shape index (κ2) is 5.59. The van der Waals surface area contributed by atoms with Crippen molar-refractivity contribution in [1.29, 1.82) is 0 Å². The summed E-state index contributed by atoms with van der Waals surface area (Å²) in [5, 5.41) is 3.86. The van der Waals surface area contributed by atoms with Crippen molar-refractivity contribution < 1.29 is 9.53 Å². The van der Waals surface area contributed by atoms with Crippen molar-refractivity contribution in [3.8, 4) is 0 Å². The second-order valence-electron chi connectivity index (χ2n) is 5.78. The zero-order valence-electron chi connectivity index (χ0n) is 12.4. The molecule has 0 saturated carbocycles. The Morgan fingerprint density at radius 2 is 2.00 bits per heavy atom. The Kier molecular flexibility index (Phi) is 4.04. The van der Waals surface area contributed by atoms with E-state index >= 15 is 0 Å². The first-order chi connectivity index (χ1) is 9.35. The number of carbonyl (C=O) groups excluding carboxylic acids is 1. The molecule has 4 heteroatoms. The molecule has 0 aliphatic heterocycles. The lowest BCUT2D eigenvalue weighted by Gasteiger charge is -2.19. The van der Waals surface area contributed by atoms with Crippen LogP contribution in [0.4, 0.5) is 5.69 Å². The molecule has 0 fully saturated rings. The van der Waals surface area contributed by atoms with Crippen LogP contribution in [-0.4, -0.2) is 23.1 Å². The molecule has 1 aromatic carbocycles. The van der Waals surface area contributed by atoms with Gasteiger partial charge in [0, 0.05) is 11.1 Å². The van der Waals surface area contributed by atoms with Crippen LogP contribution < -0.4 is 5.32 Å². The zero-order chi connectivity index (χ0) is 14.8. The summed E-state index contributed by atoms with van der Waals surface area (Å²) in [5.74, 6) is -0.171. The van der Waals surface area contributed by atoms with Gasteiger partial charge in [-0.1, -0.05) is 18.2 Å². The van der Waals surface area contributed by atoms with E-state index in [1.54, 1.807) is 0 Å². The fourth-order valence-corrected chi connectivity index (χ4v) is 1.81. The van der Waals surface area contributed by atoms with Gasteiger partial charge in [0.05, 0.1) is 16.8 Å². The van der Waals surface area contributed by atoms with Crippen LogP contribution in [0.5, 0.6) is 0 Å². The molecule has 106 valence electrons. The Balaban J connectivity index is 2.17. The van der Waals surface area contributed by atoms with Crippen LogP contribution >= 0.6 is 0 Å². The van der Waals surface area contributed by atoms with E-state index in [0.29, 0.717) is 5.69 Å². The molecule has 0 saturated heterocycles. The lowest BCUT2D eigenvalue weighted by atomic mass is 10.1. The summed E-state index contributed by atoms with van der Waals surface area (Å²) in [7, 11) is 0. The monoisotopic (exact) mass is 272 g/mol. The first-order valence-corrected chi connectivity index (χ1v) is 6.65. The minimum absolute atomic E-state index is 0.0334. The van der Waals surface area contributed by atoms with Gasteiger partial charge in [-0.3, -0.25) is 9.78 Å². The van der Waals surface area contributed by atoms with E-state index in [-0.39, 0.29) is 18.1 Å². The lowest BCUT2D eigenvalue weighted by Crippen LogP contribution is -2.27. The molecule has 1 amide bonds. The number of hydrogen-bond acceptors (Lipinski definition) is 3. The number of amides is 1. The molecule has 1 N–H and O–H groups in total. The molecule has 2 rings (SSSR count). The van der Waals surface area contributed by atoms with Gasteiger partial charge in [0.15, 0.2) is 0 Å². The van der Waals surface area contributed by atoms with Crippen LogP contribution in [0.25, 0.3) is 10.9 Å². The molecular weight excluding hydrogens is 252 g/mol. The van der Waals surface area contributed by atoms with Gasteiger partial charge in [-0.25, -0.2) is 0 Å². The summed E-state index contributed by atoms with van der Waals surface area (Å²) in [4.78, 5) is 16.4. The van der Waals surface area contributed by atoms with Crippen molar-refractivity contribution in [2.24, 2.45) is 0 Å². The van der Waals surface area contributed by atoms with E-state index in [2.05, 4.69) is 10.3 Å². The molecule has 1 aromatic heterocycles. The molecule has 0 spiro atoms. The molecule has 1 heterocycles. The number of nitrogens with zero attached hydrogens (tertiary/aromatic N) is 1. The van der Waals surface area contributed by atoms with Gasteiger partial charge in [-0.05, 0) is 39.8 Å². The highest BCUT2D eigenvalue weighted by atomic mass is 16.5. The number of hydrogen-bond donors (Lipinski definition) is 1. The Labute approximate surface area is 119 Å². The highest BCUT2D eigenvalue weighted by Gasteiger charge is 2.13. The molecule has 0 bridgehead atoms. The number of pyridine rings is 1. The predicted octanol–water partition coefficient (Wildman–Crippen LogP) is 3.30. The summed E-state index contributed by atoms with van der Waals surface area (Å²) < 4.78 is 5.47. The number of carbonyl (C=O) groups is 1. The molecule has 0 atom stereocenters. The Morgan fingerprint density at radius 3 is 2.70 bits per heavy atom. The van der Waals surface area contributed by atoms with E-state index in [0.717, 1.165) is 16.6 Å². The highest BCUT2D eigenvalue weighted by molar-refractivity contribution is 6.00. The SMILES string of the molecule is Cc1ccc2cccc(NC(=O)COC(C)(C)C)c2n1. The van der Waals surface area contributed by atoms with E-state index in [4.69, 9.17) is 4.74 Å². The summed E-state index contributed by atoms with van der Waals surface area (Å²) in [6, 6.07) is 9.68. The third-order valence-electron chi connectivity index (χ3n) is 2.77. The van der Waals surface area contributed by atoms with E-state index < -0.39 is 0 Å². The maximum Gasteiger partial charge on any atom is 0.250 e. The number of benzene rings is 1. The largest absolute Gasteiger partial charge is 0.366 e. The molecule has 20 heavy (non-hydrogen) atoms. The standard InChI is InChI=1S/C16H20N2O2/c1-11-8-9-12-6-5-7-13(15(12)17-11)18-14(19)10-20-16(2,3)4/h5-9H,10H2,1-4H3,(H,18,19). The molecule has 0 aliphatic carbocycles. The lowest BCUT2D eigenvalue weighted by molar-refractivity contribution is -0.125. The topological polar surface area (TPSA) is 51.2 Å². The van der Waals surface area contributed by atoms with Crippen LogP contribution in [0.1, 0.15) is 26.5 Å². The first kappa shape index (κ1) is 14.5. The number of nitrogens with one attached hydrogen (secondary N) is 1. The number of anilines is 1. The molecule has 0 radical (unpaired) electrons. The summed E-state index contributed by atoms with van der Waals surface area (Å²) in [6.45, 7) is 7.72. The number of aromatic nitrogens is 1. The Hall–Kier alpha value is -1.94. The van der Waals surface area contributed by atoms with Crippen molar-refractivity contribution in [2.45, 2.75) is 33.3 Å². The fraction of sp³-hybridized carbons (Fsp3) is 0.375. The number of ether oxygens (including phenoxy) is 1. The van der Waals surface area contributed by atoms with Crippen LogP contribution in [0.3, 0.4) is 0 Å². The Bertz CT molecular complexity index is 630. The highest BCUT2D eigenvalue weighted by Crippen LogP contribution is 2.21. The van der Waals surface area contributed by atoms with Gasteiger partial charge >= 0.3 is 0 Å². The summed E-state index contributed by atoms with van der Waals surface area (Å²) >= 11 is 0. The maximum atomic E-state index is 11.9. The smallest absolute Gasteiger partial charge is 0.250 e. The van der Waals surface area contributed by atoms with Gasteiger partial charge in [-0.15, -0.1) is 0 Å². The number of fused-ring (bicyclic) bond motifs is 1. The van der Waals surface area contributed by atoms with Gasteiger partial charge in [0.2, 0.25) is 5.91 Å². The average Bonchev–Trinajstić information content (AvgIpc) is 2.36.